The van der Waals surface area contributed by atoms with E-state index in [1.54, 1.807) is 30.6 Å². The fourth-order valence-electron chi connectivity index (χ4n) is 1.45. The Balaban J connectivity index is 2.18. The minimum atomic E-state index is -0.213. The van der Waals surface area contributed by atoms with Gasteiger partial charge in [-0.05, 0) is 19.1 Å². The highest BCUT2D eigenvalue weighted by molar-refractivity contribution is 6.06. The molecule has 5 nitrogen and oxygen atoms in total. The van der Waals surface area contributed by atoms with Gasteiger partial charge in [0.05, 0.1) is 24.1 Å². The molecule has 2 N–H and O–H groups in total. The number of anilines is 1. The van der Waals surface area contributed by atoms with Crippen molar-refractivity contribution in [2.75, 3.05) is 11.9 Å². The van der Waals surface area contributed by atoms with Crippen LogP contribution in [-0.2, 0) is 0 Å². The normalized spacial score (nSPS) is 9.94. The number of nitrogens with one attached hydrogen (secondary N) is 2. The van der Waals surface area contributed by atoms with Crippen LogP contribution in [-0.4, -0.2) is 22.7 Å². The lowest BCUT2D eigenvalue weighted by Crippen LogP contribution is -2.13. The van der Waals surface area contributed by atoms with Crippen molar-refractivity contribution in [1.82, 2.24) is 10.2 Å². The Morgan fingerprint density at radius 3 is 3.00 bits per heavy atom. The van der Waals surface area contributed by atoms with Gasteiger partial charge >= 0.3 is 0 Å². The molecule has 0 aliphatic heterocycles. The summed E-state index contributed by atoms with van der Waals surface area (Å²) in [5.74, 6) is 0.367. The maximum absolute atomic E-state index is 12.0. The van der Waals surface area contributed by atoms with Crippen LogP contribution in [0.5, 0.6) is 5.75 Å². The number of aromatic nitrogens is 2. The van der Waals surface area contributed by atoms with E-state index in [1.165, 1.54) is 0 Å². The summed E-state index contributed by atoms with van der Waals surface area (Å²) in [6, 6.07) is 7.13. The van der Waals surface area contributed by atoms with E-state index < -0.39 is 0 Å². The molecule has 0 fully saturated rings. The summed E-state index contributed by atoms with van der Waals surface area (Å²) in [6.07, 6.45) is 3.16. The second kappa shape index (κ2) is 5.16. The predicted octanol–water partition coefficient (Wildman–Crippen LogP) is 2.06. The van der Waals surface area contributed by atoms with Crippen LogP contribution in [0.4, 0.5) is 5.69 Å². The number of amides is 1. The molecule has 1 amide bonds. The molecule has 2 rings (SSSR count). The third-order valence-corrected chi connectivity index (χ3v) is 2.19. The molecule has 17 heavy (non-hydrogen) atoms. The number of para-hydroxylation sites is 1. The highest BCUT2D eigenvalue weighted by Gasteiger charge is 2.12. The van der Waals surface area contributed by atoms with Crippen LogP contribution in [0.25, 0.3) is 0 Å². The smallest absolute Gasteiger partial charge is 0.259 e. The molecule has 0 unspecified atom stereocenters. The van der Waals surface area contributed by atoms with Gasteiger partial charge in [-0.2, -0.15) is 5.10 Å². The quantitative estimate of drug-likeness (QED) is 0.846. The zero-order chi connectivity index (χ0) is 12.1. The summed E-state index contributed by atoms with van der Waals surface area (Å²) < 4.78 is 5.39. The number of carbonyl (C=O) groups is 1. The first-order valence-electron chi connectivity index (χ1n) is 5.33. The number of H-pyrrole nitrogens is 1. The molecule has 0 saturated heterocycles. The van der Waals surface area contributed by atoms with Crippen LogP contribution in [0.15, 0.2) is 36.7 Å². The first kappa shape index (κ1) is 11.2. The molecule has 0 spiro atoms. The van der Waals surface area contributed by atoms with Crippen LogP contribution in [0, 0.1) is 0 Å². The Bertz CT molecular complexity index is 494. The van der Waals surface area contributed by atoms with E-state index in [2.05, 4.69) is 15.5 Å². The van der Waals surface area contributed by atoms with Crippen molar-refractivity contribution in [3.05, 3.63) is 42.2 Å². The second-order valence-corrected chi connectivity index (χ2v) is 3.37. The first-order valence-corrected chi connectivity index (χ1v) is 5.33. The van der Waals surface area contributed by atoms with Gasteiger partial charge in [-0.1, -0.05) is 12.1 Å². The van der Waals surface area contributed by atoms with Gasteiger partial charge in [0, 0.05) is 6.20 Å². The van der Waals surface area contributed by atoms with Gasteiger partial charge in [-0.3, -0.25) is 9.89 Å². The fraction of sp³-hybridized carbons (Fsp3) is 0.167. The molecule has 0 atom stereocenters. The topological polar surface area (TPSA) is 67.0 Å². The Kier molecular flexibility index (Phi) is 3.40. The predicted molar refractivity (Wildman–Crippen MR) is 64.2 cm³/mol. The Morgan fingerprint density at radius 2 is 2.29 bits per heavy atom. The highest BCUT2D eigenvalue weighted by atomic mass is 16.5. The lowest BCUT2D eigenvalue weighted by Gasteiger charge is -2.09. The molecule has 1 aromatic carbocycles. The zero-order valence-electron chi connectivity index (χ0n) is 9.43. The van der Waals surface area contributed by atoms with Gasteiger partial charge in [-0.25, -0.2) is 0 Å². The summed E-state index contributed by atoms with van der Waals surface area (Å²) in [5, 5.41) is 9.11. The zero-order valence-corrected chi connectivity index (χ0v) is 9.43. The van der Waals surface area contributed by atoms with Crippen LogP contribution >= 0.6 is 0 Å². The summed E-state index contributed by atoms with van der Waals surface area (Å²) in [6.45, 7) is 2.40. The van der Waals surface area contributed by atoms with E-state index in [1.807, 2.05) is 13.0 Å². The van der Waals surface area contributed by atoms with Gasteiger partial charge in [0.25, 0.3) is 5.91 Å². The molecular weight excluding hydrogens is 218 g/mol. The molecule has 2 aromatic rings. The number of ether oxygens (including phenoxy) is 1. The van der Waals surface area contributed by atoms with Crippen LogP contribution in [0.2, 0.25) is 0 Å². The van der Waals surface area contributed by atoms with Gasteiger partial charge < -0.3 is 10.1 Å². The van der Waals surface area contributed by atoms with Crippen LogP contribution in [0.1, 0.15) is 17.3 Å². The fourth-order valence-corrected chi connectivity index (χ4v) is 1.45. The average Bonchev–Trinajstić information content (AvgIpc) is 2.83. The van der Waals surface area contributed by atoms with Gasteiger partial charge in [0.2, 0.25) is 0 Å². The van der Waals surface area contributed by atoms with Crippen molar-refractivity contribution in [2.45, 2.75) is 6.92 Å². The molecular formula is C12H13N3O2. The Hall–Kier alpha value is -2.30. The van der Waals surface area contributed by atoms with E-state index in [4.69, 9.17) is 4.74 Å². The number of hydrogen-bond acceptors (Lipinski definition) is 3. The van der Waals surface area contributed by atoms with Crippen LogP contribution < -0.4 is 10.1 Å². The molecule has 0 bridgehead atoms. The summed E-state index contributed by atoms with van der Waals surface area (Å²) in [4.78, 5) is 12.0. The molecule has 1 heterocycles. The third kappa shape index (κ3) is 2.63. The number of aromatic amines is 1. The van der Waals surface area contributed by atoms with E-state index >= 15 is 0 Å². The minimum Gasteiger partial charge on any atom is -0.493 e. The number of rotatable bonds is 4. The van der Waals surface area contributed by atoms with E-state index in [0.717, 1.165) is 0 Å². The highest BCUT2D eigenvalue weighted by Crippen LogP contribution is 2.19. The van der Waals surface area contributed by atoms with Gasteiger partial charge in [-0.15, -0.1) is 0 Å². The van der Waals surface area contributed by atoms with Crippen molar-refractivity contribution >= 4 is 11.6 Å². The van der Waals surface area contributed by atoms with Crippen molar-refractivity contribution in [3.63, 3.8) is 0 Å². The average molecular weight is 231 g/mol. The van der Waals surface area contributed by atoms with E-state index in [9.17, 15) is 4.79 Å². The SMILES string of the molecule is CCOc1ccccc1C(=O)Nc1cn[nH]c1. The standard InChI is InChI=1S/C12H13N3O2/c1-2-17-11-6-4-3-5-10(11)12(16)15-9-7-13-14-8-9/h3-8H,2H2,1H3,(H,13,14)(H,15,16). The minimum absolute atomic E-state index is 0.213. The lowest BCUT2D eigenvalue weighted by molar-refractivity contribution is 0.102. The molecule has 0 aliphatic carbocycles. The van der Waals surface area contributed by atoms with E-state index in [-0.39, 0.29) is 5.91 Å². The molecule has 0 aliphatic rings. The van der Waals surface area contributed by atoms with Crippen LogP contribution in [0.3, 0.4) is 0 Å². The number of nitrogens with zero attached hydrogens (tertiary/aromatic N) is 1. The molecule has 0 saturated carbocycles. The van der Waals surface area contributed by atoms with Gasteiger partial charge in [0.1, 0.15) is 5.75 Å². The van der Waals surface area contributed by atoms with Crippen molar-refractivity contribution in [3.8, 4) is 5.75 Å². The summed E-state index contributed by atoms with van der Waals surface area (Å²) in [5.41, 5.74) is 1.14. The molecule has 5 heteroatoms. The maximum Gasteiger partial charge on any atom is 0.259 e. The Morgan fingerprint density at radius 1 is 1.47 bits per heavy atom. The van der Waals surface area contributed by atoms with Crippen molar-refractivity contribution in [1.29, 1.82) is 0 Å². The number of carbonyl (C=O) groups excluding carboxylic acids is 1. The van der Waals surface area contributed by atoms with Crippen molar-refractivity contribution < 1.29 is 9.53 Å². The number of hydrogen-bond donors (Lipinski definition) is 2. The summed E-state index contributed by atoms with van der Waals surface area (Å²) in [7, 11) is 0. The number of benzene rings is 1. The van der Waals surface area contributed by atoms with Gasteiger partial charge in [0.15, 0.2) is 0 Å². The lowest BCUT2D eigenvalue weighted by atomic mass is 10.2. The summed E-state index contributed by atoms with van der Waals surface area (Å²) >= 11 is 0. The third-order valence-electron chi connectivity index (χ3n) is 2.19. The van der Waals surface area contributed by atoms with Crippen molar-refractivity contribution in [2.24, 2.45) is 0 Å². The monoisotopic (exact) mass is 231 g/mol. The Labute approximate surface area is 98.8 Å². The molecule has 88 valence electrons. The molecule has 0 radical (unpaired) electrons. The molecule has 1 aromatic heterocycles. The largest absolute Gasteiger partial charge is 0.493 e. The second-order valence-electron chi connectivity index (χ2n) is 3.37. The van der Waals surface area contributed by atoms with E-state index in [0.29, 0.717) is 23.6 Å². The maximum atomic E-state index is 12.0. The first-order chi connectivity index (χ1) is 8.31.